The van der Waals surface area contributed by atoms with E-state index in [9.17, 15) is 10.2 Å². The van der Waals surface area contributed by atoms with Gasteiger partial charge in [0.05, 0.1) is 12.2 Å². The molecule has 0 aromatic heterocycles. The average Bonchev–Trinajstić information content (AvgIpc) is 2.59. The lowest BCUT2D eigenvalue weighted by molar-refractivity contribution is 0.0839. The first-order chi connectivity index (χ1) is 7.52. The molecule has 1 saturated heterocycles. The molecule has 1 heterocycles. The first-order valence-electron chi connectivity index (χ1n) is 5.38. The minimum absolute atomic E-state index is 0.0290. The monoisotopic (exact) mass is 285 g/mol. The van der Waals surface area contributed by atoms with Crippen molar-refractivity contribution in [3.63, 3.8) is 0 Å². The van der Waals surface area contributed by atoms with Crippen LogP contribution in [0.25, 0.3) is 0 Å². The van der Waals surface area contributed by atoms with E-state index in [2.05, 4.69) is 20.8 Å². The smallest absolute Gasteiger partial charge is 0.0810 e. The number of halogens is 1. The van der Waals surface area contributed by atoms with E-state index in [0.29, 0.717) is 6.54 Å². The fraction of sp³-hybridized carbons (Fsp3) is 0.500. The van der Waals surface area contributed by atoms with Gasteiger partial charge in [-0.1, -0.05) is 22.0 Å². The number of nitrogens with zero attached hydrogens (tertiary/aromatic N) is 1. The summed E-state index contributed by atoms with van der Waals surface area (Å²) in [4.78, 5) is 2.12. The minimum atomic E-state index is -0.616. The predicted molar refractivity (Wildman–Crippen MR) is 67.5 cm³/mol. The van der Waals surface area contributed by atoms with Crippen LogP contribution >= 0.6 is 15.9 Å². The van der Waals surface area contributed by atoms with Crippen molar-refractivity contribution in [2.45, 2.75) is 25.6 Å². The largest absolute Gasteiger partial charge is 0.392 e. The molecule has 0 bridgehead atoms. The van der Waals surface area contributed by atoms with E-state index in [0.717, 1.165) is 28.7 Å². The lowest BCUT2D eigenvalue weighted by Gasteiger charge is -2.23. The molecule has 1 aromatic carbocycles. The zero-order valence-corrected chi connectivity index (χ0v) is 10.9. The summed E-state index contributed by atoms with van der Waals surface area (Å²) in [5.41, 5.74) is 1.30. The van der Waals surface area contributed by atoms with Crippen LogP contribution in [0.5, 0.6) is 0 Å². The second kappa shape index (κ2) is 4.35. The second-order valence-corrected chi connectivity index (χ2v) is 5.52. The molecule has 1 aromatic rings. The zero-order valence-electron chi connectivity index (χ0n) is 9.28. The molecule has 0 spiro atoms. The Labute approximate surface area is 104 Å². The SMILES string of the molecule is CC1(O)CCN(c2cc(Br)ccc2CO)C1. The third-order valence-corrected chi connectivity index (χ3v) is 3.50. The van der Waals surface area contributed by atoms with Crippen molar-refractivity contribution in [3.05, 3.63) is 28.2 Å². The van der Waals surface area contributed by atoms with E-state index in [4.69, 9.17) is 0 Å². The highest BCUT2D eigenvalue weighted by Gasteiger charge is 2.32. The normalized spacial score (nSPS) is 25.1. The van der Waals surface area contributed by atoms with Crippen LogP contribution in [-0.2, 0) is 6.61 Å². The topological polar surface area (TPSA) is 43.7 Å². The van der Waals surface area contributed by atoms with Gasteiger partial charge in [0.2, 0.25) is 0 Å². The fourth-order valence-electron chi connectivity index (χ4n) is 2.12. The van der Waals surface area contributed by atoms with Crippen molar-refractivity contribution in [1.82, 2.24) is 0 Å². The lowest BCUT2D eigenvalue weighted by Crippen LogP contribution is -2.30. The van der Waals surface area contributed by atoms with Gasteiger partial charge in [0.15, 0.2) is 0 Å². The van der Waals surface area contributed by atoms with E-state index < -0.39 is 5.60 Å². The van der Waals surface area contributed by atoms with Crippen molar-refractivity contribution in [2.24, 2.45) is 0 Å². The van der Waals surface area contributed by atoms with E-state index in [1.54, 1.807) is 0 Å². The van der Waals surface area contributed by atoms with Gasteiger partial charge in [0.1, 0.15) is 0 Å². The van der Waals surface area contributed by atoms with Gasteiger partial charge in [-0.15, -0.1) is 0 Å². The Bertz CT molecular complexity index is 393. The zero-order chi connectivity index (χ0) is 11.8. The Morgan fingerprint density at radius 2 is 2.25 bits per heavy atom. The summed E-state index contributed by atoms with van der Waals surface area (Å²) in [7, 11) is 0. The summed E-state index contributed by atoms with van der Waals surface area (Å²) >= 11 is 3.43. The Balaban J connectivity index is 2.30. The molecule has 0 radical (unpaired) electrons. The molecule has 2 N–H and O–H groups in total. The third-order valence-electron chi connectivity index (χ3n) is 3.01. The second-order valence-electron chi connectivity index (χ2n) is 4.60. The molecule has 3 nitrogen and oxygen atoms in total. The molecule has 1 fully saturated rings. The number of β-amino-alcohol motifs (C(OH)–C–C–N with tert-alkyl or cyclic N) is 1. The molecule has 88 valence electrons. The van der Waals surface area contributed by atoms with Crippen molar-refractivity contribution in [1.29, 1.82) is 0 Å². The summed E-state index contributed by atoms with van der Waals surface area (Å²) in [5.74, 6) is 0. The third kappa shape index (κ3) is 2.39. The average molecular weight is 286 g/mol. The quantitative estimate of drug-likeness (QED) is 0.872. The maximum atomic E-state index is 9.94. The Hall–Kier alpha value is -0.580. The number of rotatable bonds is 2. The van der Waals surface area contributed by atoms with Gasteiger partial charge in [0, 0.05) is 28.8 Å². The Morgan fingerprint density at radius 1 is 1.50 bits per heavy atom. The standard InChI is InChI=1S/C12H16BrNO2/c1-12(16)4-5-14(8-12)11-6-10(13)3-2-9(11)7-15/h2-3,6,15-16H,4-5,7-8H2,1H3. The van der Waals surface area contributed by atoms with Crippen LogP contribution in [0.3, 0.4) is 0 Å². The van der Waals surface area contributed by atoms with Gasteiger partial charge < -0.3 is 15.1 Å². The highest BCUT2D eigenvalue weighted by Crippen LogP contribution is 2.31. The molecule has 1 aliphatic heterocycles. The maximum absolute atomic E-state index is 9.94. The van der Waals surface area contributed by atoms with Crippen LogP contribution in [0.2, 0.25) is 0 Å². The molecular weight excluding hydrogens is 270 g/mol. The summed E-state index contributed by atoms with van der Waals surface area (Å²) in [6.07, 6.45) is 0.768. The lowest BCUT2D eigenvalue weighted by atomic mass is 10.1. The van der Waals surface area contributed by atoms with Crippen LogP contribution in [0.4, 0.5) is 5.69 Å². The van der Waals surface area contributed by atoms with Gasteiger partial charge in [-0.2, -0.15) is 0 Å². The first-order valence-corrected chi connectivity index (χ1v) is 6.18. The fourth-order valence-corrected chi connectivity index (χ4v) is 2.46. The summed E-state index contributed by atoms with van der Waals surface area (Å²) in [5, 5.41) is 19.2. The number of hydrogen-bond acceptors (Lipinski definition) is 3. The molecule has 0 amide bonds. The number of hydrogen-bond donors (Lipinski definition) is 2. The van der Waals surface area contributed by atoms with Crippen LogP contribution in [0, 0.1) is 0 Å². The van der Waals surface area contributed by atoms with Crippen molar-refractivity contribution in [3.8, 4) is 0 Å². The summed E-state index contributed by atoms with van der Waals surface area (Å²) in [6, 6.07) is 5.82. The molecule has 1 aliphatic rings. The number of benzene rings is 1. The maximum Gasteiger partial charge on any atom is 0.0810 e. The number of aliphatic hydroxyl groups is 2. The van der Waals surface area contributed by atoms with E-state index >= 15 is 0 Å². The first kappa shape index (κ1) is 11.9. The molecular formula is C12H16BrNO2. The molecule has 0 aliphatic carbocycles. The summed E-state index contributed by atoms with van der Waals surface area (Å²) < 4.78 is 0.992. The van der Waals surface area contributed by atoms with Gasteiger partial charge in [0.25, 0.3) is 0 Å². The van der Waals surface area contributed by atoms with Crippen molar-refractivity contribution < 1.29 is 10.2 Å². The van der Waals surface area contributed by atoms with Gasteiger partial charge in [-0.3, -0.25) is 0 Å². The number of aliphatic hydroxyl groups excluding tert-OH is 1. The molecule has 2 rings (SSSR count). The highest BCUT2D eigenvalue weighted by molar-refractivity contribution is 9.10. The van der Waals surface area contributed by atoms with Gasteiger partial charge in [-0.05, 0) is 25.5 Å². The van der Waals surface area contributed by atoms with E-state index in [1.165, 1.54) is 0 Å². The van der Waals surface area contributed by atoms with Crippen LogP contribution < -0.4 is 4.90 Å². The highest BCUT2D eigenvalue weighted by atomic mass is 79.9. The molecule has 4 heteroatoms. The molecule has 16 heavy (non-hydrogen) atoms. The summed E-state index contributed by atoms with van der Waals surface area (Å²) in [6.45, 7) is 3.33. The van der Waals surface area contributed by atoms with E-state index in [1.807, 2.05) is 25.1 Å². The van der Waals surface area contributed by atoms with Crippen LogP contribution in [0.15, 0.2) is 22.7 Å². The van der Waals surface area contributed by atoms with Gasteiger partial charge in [-0.25, -0.2) is 0 Å². The molecule has 0 saturated carbocycles. The van der Waals surface area contributed by atoms with Gasteiger partial charge >= 0.3 is 0 Å². The molecule has 1 atom stereocenters. The van der Waals surface area contributed by atoms with Crippen LogP contribution in [-0.4, -0.2) is 28.9 Å². The van der Waals surface area contributed by atoms with Crippen molar-refractivity contribution in [2.75, 3.05) is 18.0 Å². The van der Waals surface area contributed by atoms with E-state index in [-0.39, 0.29) is 6.61 Å². The number of anilines is 1. The molecule has 1 unspecified atom stereocenters. The van der Waals surface area contributed by atoms with Crippen molar-refractivity contribution >= 4 is 21.6 Å². The predicted octanol–water partition coefficient (Wildman–Crippen LogP) is 1.90. The Kier molecular flexibility index (Phi) is 3.24. The minimum Gasteiger partial charge on any atom is -0.392 e. The van der Waals surface area contributed by atoms with Crippen LogP contribution in [0.1, 0.15) is 18.9 Å². The Morgan fingerprint density at radius 3 is 2.81 bits per heavy atom.